The normalized spacial score (nSPS) is 13.6. The first-order chi connectivity index (χ1) is 46.6. The molecule has 522 valence electrons. The summed E-state index contributed by atoms with van der Waals surface area (Å²) in [7, 11) is 0. The Morgan fingerprint density at radius 3 is 1.69 bits per heavy atom. The molecule has 5 aromatic rings. The van der Waals surface area contributed by atoms with E-state index in [0.29, 0.717) is 17.1 Å². The number of aromatic amines is 1. The number of thiol groups is 1. The first-order valence-electron chi connectivity index (χ1n) is 30.4. The Labute approximate surface area is 566 Å². The molecule has 0 spiro atoms. The van der Waals surface area contributed by atoms with Gasteiger partial charge in [-0.3, -0.25) is 72.1 Å². The fourth-order valence-electron chi connectivity index (χ4n) is 10.1. The third-order valence-corrected chi connectivity index (χ3v) is 16.5. The lowest BCUT2D eigenvalue weighted by Gasteiger charge is -2.26. The second kappa shape index (κ2) is 36.7. The van der Waals surface area contributed by atoms with Crippen LogP contribution < -0.4 is 59.1 Å². The highest BCUT2D eigenvalue weighted by atomic mass is 32.2. The minimum Gasteiger partial charge on any atom is -0.481 e. The predicted molar refractivity (Wildman–Crippen MR) is 352 cm³/mol. The van der Waals surface area contributed by atoms with Crippen molar-refractivity contribution < 1.29 is 92.7 Å². The van der Waals surface area contributed by atoms with Crippen molar-refractivity contribution in [1.82, 2.24) is 62.5 Å². The number of benzene rings is 3. The number of nitrogens with one attached hydrogen (secondary N) is 10. The SMILES string of the molecule is CC[C@H](NC(=O)[C@H](CC(=O)O)NC(=O)CCCNC(=O)c1ccc(NCc2cnc3nc(N)[nH]c(=O)c3n2)cc1)C(=O)C[C@@H](CC(=O)O)C(=O)N[C@@H](CC(=O)O)C(=O)N[C@@H](CNC(=O)CCSCC1c2ccccc2-c2ccccc21)C(=O)N[C@@H](CC(=O)O)C(=O)N[C@@H](CS)C(=O)O. The predicted octanol–water partition coefficient (Wildman–Crippen LogP) is -0.723. The number of fused-ring (bicyclic) bond motifs is 4. The van der Waals surface area contributed by atoms with Gasteiger partial charge in [-0.25, -0.2) is 14.8 Å². The molecule has 2 heterocycles. The maximum absolute atomic E-state index is 14.1. The third-order valence-electron chi connectivity index (χ3n) is 15.0. The van der Waals surface area contributed by atoms with Crippen molar-refractivity contribution >= 4 is 130 Å². The van der Waals surface area contributed by atoms with Crippen molar-refractivity contribution in [2.45, 2.75) is 113 Å². The van der Waals surface area contributed by atoms with Gasteiger partial charge in [0.05, 0.1) is 56.1 Å². The van der Waals surface area contributed by atoms with Gasteiger partial charge in [0, 0.05) is 66.8 Å². The zero-order chi connectivity index (χ0) is 71.8. The number of carboxylic acid groups (broad SMARTS) is 5. The highest BCUT2D eigenvalue weighted by Gasteiger charge is 2.37. The molecule has 0 saturated carbocycles. The number of nitrogens with zero attached hydrogens (tertiary/aromatic N) is 3. The van der Waals surface area contributed by atoms with Gasteiger partial charge >= 0.3 is 29.8 Å². The van der Waals surface area contributed by atoms with Gasteiger partial charge < -0.3 is 79.1 Å². The van der Waals surface area contributed by atoms with Crippen LogP contribution in [0.5, 0.6) is 0 Å². The zero-order valence-electron chi connectivity index (χ0n) is 52.4. The molecule has 0 radical (unpaired) electrons. The molecule has 3 aromatic carbocycles. The molecule has 1 aliphatic rings. The number of amides is 8. The van der Waals surface area contributed by atoms with E-state index in [4.69, 9.17) is 5.73 Å². The number of thioether (sulfide) groups is 1. The summed E-state index contributed by atoms with van der Waals surface area (Å²) in [6.07, 6.45) is -4.91. The Kier molecular flexibility index (Phi) is 28.5. The van der Waals surface area contributed by atoms with E-state index in [9.17, 15) is 97.5 Å². The molecule has 0 unspecified atom stereocenters. The number of hydrogen-bond acceptors (Lipinski definition) is 22. The molecular weight excluding hydrogens is 1320 g/mol. The fourth-order valence-corrected chi connectivity index (χ4v) is 11.4. The fraction of sp³-hybridized carbons (Fsp3) is 0.387. The molecule has 36 heteroatoms. The number of aromatic nitrogens is 4. The number of Topliss-reactive ketones (excluding diaryl/α,β-unsaturated/α-hetero) is 1. The number of aliphatic carboxylic acids is 5. The van der Waals surface area contributed by atoms with Crippen LogP contribution in [0.15, 0.2) is 83.8 Å². The van der Waals surface area contributed by atoms with Gasteiger partial charge in [-0.1, -0.05) is 55.5 Å². The Balaban J connectivity index is 1.05. The summed E-state index contributed by atoms with van der Waals surface area (Å²) in [5, 5.41) is 69.5. The highest BCUT2D eigenvalue weighted by molar-refractivity contribution is 7.99. The second-order valence-corrected chi connectivity index (χ2v) is 23.8. The maximum atomic E-state index is 14.1. The van der Waals surface area contributed by atoms with E-state index in [1.807, 2.05) is 53.8 Å². The van der Waals surface area contributed by atoms with Gasteiger partial charge in [-0.05, 0) is 59.4 Å². The molecule has 7 atom stereocenters. The molecular formula is C62H72N14O20S2. The molecule has 34 nitrogen and oxygen atoms in total. The summed E-state index contributed by atoms with van der Waals surface area (Å²) in [5.41, 5.74) is 10.7. The molecule has 0 fully saturated rings. The van der Waals surface area contributed by atoms with E-state index in [2.05, 4.69) is 75.1 Å². The van der Waals surface area contributed by atoms with Gasteiger partial charge in [0.25, 0.3) is 11.5 Å². The van der Waals surface area contributed by atoms with Crippen LogP contribution in [-0.2, 0) is 68.9 Å². The lowest BCUT2D eigenvalue weighted by Crippen LogP contribution is -2.61. The minimum atomic E-state index is -2.20. The third kappa shape index (κ3) is 22.8. The summed E-state index contributed by atoms with van der Waals surface area (Å²) in [6, 6.07) is 10.7. The van der Waals surface area contributed by atoms with Crippen molar-refractivity contribution in [3.63, 3.8) is 0 Å². The largest absolute Gasteiger partial charge is 0.481 e. The van der Waals surface area contributed by atoms with Crippen molar-refractivity contribution in [3.05, 3.63) is 112 Å². The summed E-state index contributed by atoms with van der Waals surface area (Å²) in [6.45, 7) is 0.657. The number of carboxylic acids is 5. The van der Waals surface area contributed by atoms with Crippen molar-refractivity contribution in [3.8, 4) is 11.1 Å². The Morgan fingerprint density at radius 1 is 0.602 bits per heavy atom. The number of nitrogen functional groups attached to an aromatic ring is 1. The maximum Gasteiger partial charge on any atom is 0.327 e. The van der Waals surface area contributed by atoms with Crippen LogP contribution >= 0.6 is 24.4 Å². The van der Waals surface area contributed by atoms with Crippen LogP contribution in [0.25, 0.3) is 22.3 Å². The topological polar surface area (TPSA) is 546 Å². The van der Waals surface area contributed by atoms with Gasteiger partial charge in [0.2, 0.25) is 47.3 Å². The van der Waals surface area contributed by atoms with Crippen LogP contribution in [0.1, 0.15) is 97.8 Å². The molecule has 0 aliphatic heterocycles. The Morgan fingerprint density at radius 2 is 1.13 bits per heavy atom. The minimum absolute atomic E-state index is 0.000316. The molecule has 0 saturated heterocycles. The number of nitrogens with two attached hydrogens (primary N) is 1. The molecule has 6 rings (SSSR count). The van der Waals surface area contributed by atoms with E-state index in [1.54, 1.807) is 12.1 Å². The average molecular weight is 1400 g/mol. The second-order valence-electron chi connectivity index (χ2n) is 22.2. The Bertz CT molecular complexity index is 3850. The molecule has 98 heavy (non-hydrogen) atoms. The van der Waals surface area contributed by atoms with Crippen molar-refractivity contribution in [2.75, 3.05) is 41.4 Å². The lowest BCUT2D eigenvalue weighted by atomic mass is 9.93. The first-order valence-corrected chi connectivity index (χ1v) is 32.1. The van der Waals surface area contributed by atoms with E-state index >= 15 is 0 Å². The lowest BCUT2D eigenvalue weighted by molar-refractivity contribution is -0.145. The van der Waals surface area contributed by atoms with Crippen LogP contribution in [0, 0.1) is 5.92 Å². The average Bonchev–Trinajstić information content (AvgIpc) is 1.61. The first kappa shape index (κ1) is 76.0. The van der Waals surface area contributed by atoms with E-state index in [-0.39, 0.29) is 73.1 Å². The summed E-state index contributed by atoms with van der Waals surface area (Å²) < 4.78 is 0. The van der Waals surface area contributed by atoms with Crippen LogP contribution in [-0.4, -0.2) is 195 Å². The smallest absolute Gasteiger partial charge is 0.327 e. The standard InChI is InChI=1S/C62H72N14O20S2/c1-2-39(70-56(90)40(22-49(82)83)69-47(79)12-7-18-64-54(88)30-13-15-32(16-14-30)65-25-33-26-67-53-52(68-33)60(94)76-62(63)75-53)45(77)20-31(21-48(80)81)55(89)71-41(23-50(84)85)57(91)73-43(59(93)72-42(24-51(86)87)58(92)74-44(28-97)61(95)96)27-66-46(78)17-19-98-29-38-36-10-5-3-8-34(36)35-9-4-6-11-37(35)38/h3-6,8-11,13-16,26,31,38-44,65,97H,2,7,12,17-25,27-29H2,1H3,(H,64,88)(H,66,78)(H,69,79)(H,70,90)(H,71,89)(H,72,93)(H,73,91)(H,74,92)(H,80,81)(H,82,83)(H,84,85)(H,86,87)(H,95,96)(H3,63,67,75,76,94)/t31-,39-,40-,41-,42-,43-,44-/m0/s1. The quantitative estimate of drug-likeness (QED) is 0.0170. The number of ketones is 1. The summed E-state index contributed by atoms with van der Waals surface area (Å²) >= 11 is 5.30. The van der Waals surface area contributed by atoms with E-state index < -0.39 is 175 Å². The van der Waals surface area contributed by atoms with Gasteiger partial charge in [0.1, 0.15) is 30.2 Å². The number of hydrogen-bond donors (Lipinski definition) is 17. The van der Waals surface area contributed by atoms with E-state index in [0.717, 1.165) is 22.3 Å². The van der Waals surface area contributed by atoms with E-state index in [1.165, 1.54) is 37.0 Å². The van der Waals surface area contributed by atoms with Crippen LogP contribution in [0.4, 0.5) is 11.6 Å². The van der Waals surface area contributed by atoms with Crippen LogP contribution in [0.2, 0.25) is 0 Å². The number of carbonyl (C=O) groups excluding carboxylic acids is 9. The number of H-pyrrole nitrogens is 1. The number of rotatable bonds is 40. The van der Waals surface area contributed by atoms with Gasteiger partial charge in [-0.15, -0.1) is 0 Å². The van der Waals surface area contributed by atoms with Crippen molar-refractivity contribution in [1.29, 1.82) is 0 Å². The molecule has 0 bridgehead atoms. The van der Waals surface area contributed by atoms with Gasteiger partial charge in [0.15, 0.2) is 16.9 Å². The molecule has 2 aromatic heterocycles. The number of anilines is 2. The summed E-state index contributed by atoms with van der Waals surface area (Å²) in [5.74, 6) is -19.8. The van der Waals surface area contributed by atoms with Gasteiger partial charge in [-0.2, -0.15) is 29.4 Å². The molecule has 17 N–H and O–H groups in total. The number of carbonyl (C=O) groups is 14. The Hall–Kier alpha value is -11.0. The monoisotopic (exact) mass is 1400 g/mol. The van der Waals surface area contributed by atoms with Crippen molar-refractivity contribution in [2.24, 2.45) is 5.92 Å². The highest BCUT2D eigenvalue weighted by Crippen LogP contribution is 2.45. The zero-order valence-corrected chi connectivity index (χ0v) is 54.1. The van der Waals surface area contributed by atoms with Crippen LogP contribution in [0.3, 0.4) is 0 Å². The molecule has 8 amide bonds. The molecule has 1 aliphatic carbocycles. The summed E-state index contributed by atoms with van der Waals surface area (Å²) in [4.78, 5) is 209.